The summed E-state index contributed by atoms with van der Waals surface area (Å²) in [5, 5.41) is 5.31. The molecule has 1 heterocycles. The van der Waals surface area contributed by atoms with E-state index in [9.17, 15) is 18.0 Å². The van der Waals surface area contributed by atoms with Crippen LogP contribution in [0.15, 0.2) is 46.2 Å². The lowest BCUT2D eigenvalue weighted by atomic mass is 10.2. The van der Waals surface area contributed by atoms with Crippen molar-refractivity contribution in [3.63, 3.8) is 0 Å². The second-order valence-electron chi connectivity index (χ2n) is 6.18. The first kappa shape index (κ1) is 21.0. The summed E-state index contributed by atoms with van der Waals surface area (Å²) in [4.78, 5) is 24.7. The first-order valence-electron chi connectivity index (χ1n) is 8.64. The molecule has 0 saturated heterocycles. The molecule has 2 N–H and O–H groups in total. The summed E-state index contributed by atoms with van der Waals surface area (Å²) >= 11 is 1.35. The van der Waals surface area contributed by atoms with E-state index in [0.717, 1.165) is 4.90 Å². The van der Waals surface area contributed by atoms with Crippen molar-refractivity contribution in [2.75, 3.05) is 36.4 Å². The van der Waals surface area contributed by atoms with Gasteiger partial charge in [-0.15, -0.1) is 11.8 Å². The second-order valence-corrected chi connectivity index (χ2v) is 9.30. The van der Waals surface area contributed by atoms with Gasteiger partial charge in [0.2, 0.25) is 11.8 Å². The molecule has 2 amide bonds. The minimum atomic E-state index is -3.70. The maximum atomic E-state index is 12.6. The fourth-order valence-electron chi connectivity index (χ4n) is 2.72. The number of carbonyl (C=O) groups is 2. The van der Waals surface area contributed by atoms with E-state index in [1.165, 1.54) is 38.1 Å². The molecule has 1 aliphatic heterocycles. The summed E-state index contributed by atoms with van der Waals surface area (Å²) < 4.78 is 35.6. The van der Waals surface area contributed by atoms with Gasteiger partial charge in [-0.3, -0.25) is 9.59 Å². The molecule has 2 aromatic carbocycles. The Morgan fingerprint density at radius 2 is 1.97 bits per heavy atom. The third-order valence-electron chi connectivity index (χ3n) is 4.22. The van der Waals surface area contributed by atoms with Gasteiger partial charge < -0.3 is 20.1 Å². The molecule has 0 aromatic heterocycles. The van der Waals surface area contributed by atoms with E-state index in [0.29, 0.717) is 28.6 Å². The standard InChI is InChI=1S/C19H20N2O6S2/c1-26-12-3-5-14(16(9-12)27-2)20-18(22)7-8-29(24,25)13-4-6-17-15(10-13)21-19(23)11-28-17/h3-6,9-10H,7-8,11H2,1-2H3,(H,20,22)(H,21,23). The molecule has 3 rings (SSSR count). The van der Waals surface area contributed by atoms with Gasteiger partial charge in [0.25, 0.3) is 0 Å². The molecular weight excluding hydrogens is 416 g/mol. The quantitative estimate of drug-likeness (QED) is 0.686. The Kier molecular flexibility index (Phi) is 6.33. The average molecular weight is 437 g/mol. The number of anilines is 2. The zero-order valence-electron chi connectivity index (χ0n) is 15.9. The molecule has 0 fully saturated rings. The maximum Gasteiger partial charge on any atom is 0.234 e. The van der Waals surface area contributed by atoms with E-state index in [4.69, 9.17) is 9.47 Å². The van der Waals surface area contributed by atoms with Gasteiger partial charge in [0.1, 0.15) is 11.5 Å². The van der Waals surface area contributed by atoms with Gasteiger partial charge in [-0.05, 0) is 30.3 Å². The lowest BCUT2D eigenvalue weighted by Crippen LogP contribution is -2.20. The third-order valence-corrected chi connectivity index (χ3v) is 7.01. The number of sulfone groups is 1. The summed E-state index contributed by atoms with van der Waals surface area (Å²) in [5.74, 6) is 0.276. The van der Waals surface area contributed by atoms with E-state index in [-0.39, 0.29) is 23.0 Å². The Hall–Kier alpha value is -2.72. The molecule has 2 aromatic rings. The van der Waals surface area contributed by atoms with Crippen LogP contribution in [0.1, 0.15) is 6.42 Å². The summed E-state index contributed by atoms with van der Waals surface area (Å²) in [5.41, 5.74) is 0.893. The number of methoxy groups -OCH3 is 2. The predicted molar refractivity (Wildman–Crippen MR) is 111 cm³/mol. The van der Waals surface area contributed by atoms with E-state index >= 15 is 0 Å². The Morgan fingerprint density at radius 1 is 1.17 bits per heavy atom. The number of thioether (sulfide) groups is 1. The predicted octanol–water partition coefficient (Wildman–Crippen LogP) is 2.55. The van der Waals surface area contributed by atoms with Crippen molar-refractivity contribution in [3.05, 3.63) is 36.4 Å². The largest absolute Gasteiger partial charge is 0.497 e. The fourth-order valence-corrected chi connectivity index (χ4v) is 4.77. The third kappa shape index (κ3) is 5.01. The molecule has 10 heteroatoms. The van der Waals surface area contributed by atoms with Gasteiger partial charge in [-0.1, -0.05) is 0 Å². The molecule has 154 valence electrons. The highest BCUT2D eigenvalue weighted by Gasteiger charge is 2.21. The first-order valence-corrected chi connectivity index (χ1v) is 11.3. The molecule has 0 spiro atoms. The summed E-state index contributed by atoms with van der Waals surface area (Å²) in [6.07, 6.45) is -0.226. The Bertz CT molecular complexity index is 1050. The van der Waals surface area contributed by atoms with Crippen LogP contribution in [0.5, 0.6) is 11.5 Å². The lowest BCUT2D eigenvalue weighted by molar-refractivity contribution is -0.116. The van der Waals surface area contributed by atoms with Crippen LogP contribution in [-0.4, -0.2) is 46.0 Å². The van der Waals surface area contributed by atoms with Gasteiger partial charge in [-0.25, -0.2) is 8.42 Å². The van der Waals surface area contributed by atoms with E-state index in [2.05, 4.69) is 10.6 Å². The minimum Gasteiger partial charge on any atom is -0.497 e. The molecule has 0 saturated carbocycles. The van der Waals surface area contributed by atoms with Crippen molar-refractivity contribution >= 4 is 44.8 Å². The van der Waals surface area contributed by atoms with E-state index in [1.807, 2.05) is 0 Å². The van der Waals surface area contributed by atoms with Crippen LogP contribution in [-0.2, 0) is 19.4 Å². The number of fused-ring (bicyclic) bond motifs is 1. The van der Waals surface area contributed by atoms with E-state index < -0.39 is 15.7 Å². The van der Waals surface area contributed by atoms with Crippen LogP contribution in [0.2, 0.25) is 0 Å². The number of hydrogen-bond acceptors (Lipinski definition) is 7. The molecule has 1 aliphatic rings. The van der Waals surface area contributed by atoms with Gasteiger partial charge in [0.15, 0.2) is 9.84 Å². The second kappa shape index (κ2) is 8.75. The number of rotatable bonds is 7. The number of nitrogens with one attached hydrogen (secondary N) is 2. The van der Waals surface area contributed by atoms with Crippen LogP contribution in [0.25, 0.3) is 0 Å². The van der Waals surface area contributed by atoms with Crippen molar-refractivity contribution in [1.82, 2.24) is 0 Å². The highest BCUT2D eigenvalue weighted by Crippen LogP contribution is 2.33. The molecule has 0 radical (unpaired) electrons. The Morgan fingerprint density at radius 3 is 2.69 bits per heavy atom. The summed E-state index contributed by atoms with van der Waals surface area (Å²) in [6, 6.07) is 9.48. The molecule has 0 bridgehead atoms. The van der Waals surface area contributed by atoms with Gasteiger partial charge in [0, 0.05) is 17.4 Å². The molecule has 29 heavy (non-hydrogen) atoms. The zero-order chi connectivity index (χ0) is 21.0. The number of benzene rings is 2. The van der Waals surface area contributed by atoms with Crippen molar-refractivity contribution in [2.45, 2.75) is 16.2 Å². The normalized spacial score (nSPS) is 13.2. The Balaban J connectivity index is 1.67. The first-order chi connectivity index (χ1) is 13.8. The number of hydrogen-bond donors (Lipinski definition) is 2. The van der Waals surface area contributed by atoms with Gasteiger partial charge in [0.05, 0.1) is 42.0 Å². The summed E-state index contributed by atoms with van der Waals surface area (Å²) in [7, 11) is -0.721. The molecule has 0 atom stereocenters. The van der Waals surface area contributed by atoms with Crippen LogP contribution in [0, 0.1) is 0 Å². The molecule has 8 nitrogen and oxygen atoms in total. The van der Waals surface area contributed by atoms with Crippen molar-refractivity contribution in [3.8, 4) is 11.5 Å². The summed E-state index contributed by atoms with van der Waals surface area (Å²) in [6.45, 7) is 0. The maximum absolute atomic E-state index is 12.6. The number of amides is 2. The molecular formula is C19H20N2O6S2. The minimum absolute atomic E-state index is 0.0638. The smallest absolute Gasteiger partial charge is 0.234 e. The highest BCUT2D eigenvalue weighted by molar-refractivity contribution is 8.00. The van der Waals surface area contributed by atoms with Crippen LogP contribution < -0.4 is 20.1 Å². The van der Waals surface area contributed by atoms with Crippen molar-refractivity contribution in [2.24, 2.45) is 0 Å². The van der Waals surface area contributed by atoms with Gasteiger partial charge in [-0.2, -0.15) is 0 Å². The Labute approximate surface area is 172 Å². The van der Waals surface area contributed by atoms with Crippen LogP contribution in [0.4, 0.5) is 11.4 Å². The van der Waals surface area contributed by atoms with Crippen LogP contribution in [0.3, 0.4) is 0 Å². The highest BCUT2D eigenvalue weighted by atomic mass is 32.2. The van der Waals surface area contributed by atoms with Gasteiger partial charge >= 0.3 is 0 Å². The molecule has 0 unspecified atom stereocenters. The topological polar surface area (TPSA) is 111 Å². The van der Waals surface area contributed by atoms with Crippen molar-refractivity contribution in [1.29, 1.82) is 0 Å². The number of ether oxygens (including phenoxy) is 2. The molecule has 0 aliphatic carbocycles. The average Bonchev–Trinajstić information content (AvgIpc) is 2.72. The SMILES string of the molecule is COc1ccc(NC(=O)CCS(=O)(=O)c2ccc3c(c2)NC(=O)CS3)c(OC)c1. The lowest BCUT2D eigenvalue weighted by Gasteiger charge is -2.17. The monoisotopic (exact) mass is 436 g/mol. The van der Waals surface area contributed by atoms with Crippen molar-refractivity contribution < 1.29 is 27.5 Å². The number of carbonyl (C=O) groups excluding carboxylic acids is 2. The fraction of sp³-hybridized carbons (Fsp3) is 0.263. The van der Waals surface area contributed by atoms with Crippen LogP contribution >= 0.6 is 11.8 Å². The van der Waals surface area contributed by atoms with E-state index in [1.54, 1.807) is 24.3 Å². The zero-order valence-corrected chi connectivity index (χ0v) is 17.5.